The molecule has 2 fully saturated rings. The lowest BCUT2D eigenvalue weighted by Gasteiger charge is -2.35. The molecule has 28 heavy (non-hydrogen) atoms. The second kappa shape index (κ2) is 10.1. The van der Waals surface area contributed by atoms with E-state index in [1.807, 2.05) is 7.05 Å². The van der Waals surface area contributed by atoms with Crippen LogP contribution in [0.15, 0.2) is 29.3 Å². The topological polar surface area (TPSA) is 49.3 Å². The Kier molecular flexibility index (Phi) is 7.57. The van der Waals surface area contributed by atoms with Gasteiger partial charge in [-0.3, -0.25) is 9.89 Å². The molecule has 1 aromatic rings. The van der Waals surface area contributed by atoms with E-state index in [0.29, 0.717) is 18.1 Å². The van der Waals surface area contributed by atoms with E-state index in [2.05, 4.69) is 58.2 Å². The number of guanidine groups is 1. The maximum absolute atomic E-state index is 5.82. The molecule has 1 N–H and O–H groups in total. The van der Waals surface area contributed by atoms with Gasteiger partial charge < -0.3 is 19.7 Å². The van der Waals surface area contributed by atoms with Crippen molar-refractivity contribution < 1.29 is 9.47 Å². The van der Waals surface area contributed by atoms with Crippen molar-refractivity contribution in [2.75, 3.05) is 53.4 Å². The first-order valence-corrected chi connectivity index (χ1v) is 10.6. The summed E-state index contributed by atoms with van der Waals surface area (Å²) >= 11 is 0. The van der Waals surface area contributed by atoms with Gasteiger partial charge in [-0.15, -0.1) is 0 Å². The van der Waals surface area contributed by atoms with Crippen LogP contribution in [-0.2, 0) is 4.74 Å². The lowest BCUT2D eigenvalue weighted by Crippen LogP contribution is -2.46. The molecule has 0 bridgehead atoms. The largest absolute Gasteiger partial charge is 0.497 e. The maximum Gasteiger partial charge on any atom is 0.193 e. The van der Waals surface area contributed by atoms with Gasteiger partial charge in [0.1, 0.15) is 5.75 Å². The van der Waals surface area contributed by atoms with Gasteiger partial charge in [0, 0.05) is 52.2 Å². The smallest absolute Gasteiger partial charge is 0.193 e. The standard InChI is InChI=1S/C22H36N4O2/c1-17-14-25(15-18(2)28-17)12-5-11-24-22(23-3)26-13-10-20(16-26)19-6-8-21(27-4)9-7-19/h6-9,17-18,20H,5,10-16H2,1-4H3,(H,23,24). The number of nitrogens with zero attached hydrogens (tertiary/aromatic N) is 3. The summed E-state index contributed by atoms with van der Waals surface area (Å²) in [7, 11) is 3.59. The molecular formula is C22H36N4O2. The van der Waals surface area contributed by atoms with Crippen LogP contribution < -0.4 is 10.1 Å². The third-order valence-electron chi connectivity index (χ3n) is 5.72. The normalized spacial score (nSPS) is 26.5. The molecule has 0 spiro atoms. The van der Waals surface area contributed by atoms with E-state index >= 15 is 0 Å². The molecule has 0 radical (unpaired) electrons. The van der Waals surface area contributed by atoms with Crippen molar-refractivity contribution in [1.29, 1.82) is 0 Å². The number of benzene rings is 1. The van der Waals surface area contributed by atoms with Gasteiger partial charge in [-0.25, -0.2) is 0 Å². The zero-order valence-corrected chi connectivity index (χ0v) is 17.9. The first kappa shape index (κ1) is 20.9. The zero-order valence-electron chi connectivity index (χ0n) is 17.9. The van der Waals surface area contributed by atoms with Crippen LogP contribution in [0.4, 0.5) is 0 Å². The van der Waals surface area contributed by atoms with Gasteiger partial charge in [-0.2, -0.15) is 0 Å². The van der Waals surface area contributed by atoms with Gasteiger partial charge in [-0.05, 0) is 44.4 Å². The van der Waals surface area contributed by atoms with Gasteiger partial charge >= 0.3 is 0 Å². The molecule has 6 nitrogen and oxygen atoms in total. The van der Waals surface area contributed by atoms with Crippen molar-refractivity contribution in [2.45, 2.75) is 44.8 Å². The highest BCUT2D eigenvalue weighted by Gasteiger charge is 2.26. The number of rotatable bonds is 6. The second-order valence-corrected chi connectivity index (χ2v) is 8.05. The van der Waals surface area contributed by atoms with Crippen LogP contribution in [0.3, 0.4) is 0 Å². The number of likely N-dealkylation sites (tertiary alicyclic amines) is 1. The summed E-state index contributed by atoms with van der Waals surface area (Å²) in [6.45, 7) is 10.5. The summed E-state index contributed by atoms with van der Waals surface area (Å²) in [6.07, 6.45) is 2.96. The molecule has 1 aromatic carbocycles. The highest BCUT2D eigenvalue weighted by Crippen LogP contribution is 2.28. The average Bonchev–Trinajstić information content (AvgIpc) is 3.17. The van der Waals surface area contributed by atoms with Crippen LogP contribution in [0.2, 0.25) is 0 Å². The Balaban J connectivity index is 1.41. The molecule has 3 rings (SSSR count). The minimum atomic E-state index is 0.337. The van der Waals surface area contributed by atoms with Crippen LogP contribution in [-0.4, -0.2) is 81.4 Å². The minimum Gasteiger partial charge on any atom is -0.497 e. The number of nitrogens with one attached hydrogen (secondary N) is 1. The Labute approximate surface area is 169 Å². The van der Waals surface area contributed by atoms with E-state index < -0.39 is 0 Å². The lowest BCUT2D eigenvalue weighted by molar-refractivity contribution is -0.0679. The molecule has 2 aliphatic heterocycles. The summed E-state index contributed by atoms with van der Waals surface area (Å²) in [6, 6.07) is 8.48. The highest BCUT2D eigenvalue weighted by atomic mass is 16.5. The Morgan fingerprint density at radius 3 is 2.54 bits per heavy atom. The molecule has 156 valence electrons. The predicted molar refractivity (Wildman–Crippen MR) is 114 cm³/mol. The maximum atomic E-state index is 5.82. The van der Waals surface area contributed by atoms with E-state index in [9.17, 15) is 0 Å². The molecule has 2 saturated heterocycles. The van der Waals surface area contributed by atoms with Crippen LogP contribution in [0, 0.1) is 0 Å². The van der Waals surface area contributed by atoms with Crippen LogP contribution >= 0.6 is 0 Å². The van der Waals surface area contributed by atoms with Crippen LogP contribution in [0.1, 0.15) is 38.2 Å². The molecule has 0 aliphatic carbocycles. The van der Waals surface area contributed by atoms with Gasteiger partial charge in [0.25, 0.3) is 0 Å². The predicted octanol–water partition coefficient (Wildman–Crippen LogP) is 2.56. The molecule has 6 heteroatoms. The summed E-state index contributed by atoms with van der Waals surface area (Å²) in [5, 5.41) is 3.56. The van der Waals surface area contributed by atoms with Gasteiger partial charge in [0.05, 0.1) is 19.3 Å². The van der Waals surface area contributed by atoms with Gasteiger partial charge in [0.15, 0.2) is 5.96 Å². The fraction of sp³-hybridized carbons (Fsp3) is 0.682. The monoisotopic (exact) mass is 388 g/mol. The van der Waals surface area contributed by atoms with Crippen molar-refractivity contribution >= 4 is 5.96 Å². The highest BCUT2D eigenvalue weighted by molar-refractivity contribution is 5.80. The molecule has 0 aromatic heterocycles. The summed E-state index contributed by atoms with van der Waals surface area (Å²) < 4.78 is 11.1. The number of morpholine rings is 1. The SMILES string of the molecule is CN=C(NCCCN1CC(C)OC(C)C1)N1CCC(c2ccc(OC)cc2)C1. The summed E-state index contributed by atoms with van der Waals surface area (Å²) in [5.74, 6) is 2.50. The second-order valence-electron chi connectivity index (χ2n) is 8.05. The first-order valence-electron chi connectivity index (χ1n) is 10.6. The Hall–Kier alpha value is -1.79. The fourth-order valence-electron chi connectivity index (χ4n) is 4.40. The number of hydrogen-bond donors (Lipinski definition) is 1. The number of aliphatic imine (C=N–C) groups is 1. The molecule has 3 atom stereocenters. The van der Waals surface area contributed by atoms with E-state index in [1.165, 1.54) is 5.56 Å². The molecular weight excluding hydrogens is 352 g/mol. The molecule has 2 heterocycles. The summed E-state index contributed by atoms with van der Waals surface area (Å²) in [4.78, 5) is 9.41. The number of methoxy groups -OCH3 is 1. The molecule has 2 aliphatic rings. The van der Waals surface area contributed by atoms with E-state index in [1.54, 1.807) is 7.11 Å². The first-order chi connectivity index (χ1) is 13.6. The van der Waals surface area contributed by atoms with Crippen molar-refractivity contribution in [3.05, 3.63) is 29.8 Å². The van der Waals surface area contributed by atoms with Crippen molar-refractivity contribution in [3.8, 4) is 5.75 Å². The quantitative estimate of drug-likeness (QED) is 0.461. The third-order valence-corrected chi connectivity index (χ3v) is 5.72. The molecule has 0 amide bonds. The average molecular weight is 389 g/mol. The van der Waals surface area contributed by atoms with Gasteiger partial charge in [-0.1, -0.05) is 12.1 Å². The van der Waals surface area contributed by atoms with Crippen LogP contribution in [0.25, 0.3) is 0 Å². The molecule has 3 unspecified atom stereocenters. The Bertz CT molecular complexity index is 624. The van der Waals surface area contributed by atoms with E-state index in [0.717, 1.165) is 63.8 Å². The minimum absolute atomic E-state index is 0.337. The van der Waals surface area contributed by atoms with Gasteiger partial charge in [0.2, 0.25) is 0 Å². The molecule has 0 saturated carbocycles. The van der Waals surface area contributed by atoms with Crippen molar-refractivity contribution in [2.24, 2.45) is 4.99 Å². The number of ether oxygens (including phenoxy) is 2. The Morgan fingerprint density at radius 2 is 1.89 bits per heavy atom. The van der Waals surface area contributed by atoms with E-state index in [4.69, 9.17) is 9.47 Å². The van der Waals surface area contributed by atoms with E-state index in [-0.39, 0.29) is 0 Å². The summed E-state index contributed by atoms with van der Waals surface area (Å²) in [5.41, 5.74) is 1.38. The number of hydrogen-bond acceptors (Lipinski definition) is 4. The Morgan fingerprint density at radius 1 is 1.18 bits per heavy atom. The van der Waals surface area contributed by atoms with Crippen molar-refractivity contribution in [1.82, 2.24) is 15.1 Å². The lowest BCUT2D eigenvalue weighted by atomic mass is 9.98. The third kappa shape index (κ3) is 5.61. The van der Waals surface area contributed by atoms with Crippen molar-refractivity contribution in [3.63, 3.8) is 0 Å². The fourth-order valence-corrected chi connectivity index (χ4v) is 4.40. The van der Waals surface area contributed by atoms with Crippen LogP contribution in [0.5, 0.6) is 5.75 Å². The zero-order chi connectivity index (χ0) is 19.9.